The standard InChI is InChI=1S/C22H26N4O2S/c1-13(22(27)28)19-15-3-2-4-16(19)12-26(11-15)10-14-5-6-18-17(9-14)25-20-21(29-18)24-8-7-23-20/h5-9,13,15-16,19H,2-4,10-12H2,1H3,(H,23,25)(H,27,28). The van der Waals surface area contributed by atoms with Crippen LogP contribution in [0.1, 0.15) is 31.7 Å². The third kappa shape index (κ3) is 3.62. The number of piperidine rings is 1. The number of hydrogen-bond acceptors (Lipinski definition) is 6. The summed E-state index contributed by atoms with van der Waals surface area (Å²) in [6.45, 7) is 4.83. The fraction of sp³-hybridized carbons (Fsp3) is 0.500. The van der Waals surface area contributed by atoms with Crippen LogP contribution in [0.15, 0.2) is 40.5 Å². The van der Waals surface area contributed by atoms with E-state index in [2.05, 4.69) is 38.4 Å². The number of carboxylic acids is 1. The van der Waals surface area contributed by atoms with Gasteiger partial charge >= 0.3 is 5.97 Å². The van der Waals surface area contributed by atoms with Crippen LogP contribution in [0.5, 0.6) is 0 Å². The number of hydrogen-bond donors (Lipinski definition) is 2. The Morgan fingerprint density at radius 1 is 1.28 bits per heavy atom. The highest BCUT2D eigenvalue weighted by Crippen LogP contribution is 2.45. The van der Waals surface area contributed by atoms with Gasteiger partial charge in [-0.25, -0.2) is 9.97 Å². The zero-order valence-corrected chi connectivity index (χ0v) is 17.4. The number of fused-ring (bicyclic) bond motifs is 4. The van der Waals surface area contributed by atoms with Crippen LogP contribution >= 0.6 is 11.8 Å². The molecule has 0 spiro atoms. The van der Waals surface area contributed by atoms with Crippen molar-refractivity contribution in [1.82, 2.24) is 14.9 Å². The summed E-state index contributed by atoms with van der Waals surface area (Å²) in [4.78, 5) is 24.1. The molecule has 1 saturated heterocycles. The second-order valence-electron chi connectivity index (χ2n) is 8.62. The van der Waals surface area contributed by atoms with Gasteiger partial charge in [-0.1, -0.05) is 31.2 Å². The summed E-state index contributed by atoms with van der Waals surface area (Å²) in [6, 6.07) is 6.60. The van der Waals surface area contributed by atoms with Crippen molar-refractivity contribution in [2.24, 2.45) is 23.7 Å². The van der Waals surface area contributed by atoms with Gasteiger partial charge in [-0.2, -0.15) is 0 Å². The lowest BCUT2D eigenvalue weighted by atomic mass is 9.64. The molecule has 1 aromatic carbocycles. The van der Waals surface area contributed by atoms with E-state index in [1.54, 1.807) is 24.2 Å². The zero-order valence-electron chi connectivity index (χ0n) is 16.5. The summed E-state index contributed by atoms with van der Waals surface area (Å²) < 4.78 is 0. The van der Waals surface area contributed by atoms with Crippen LogP contribution in [-0.2, 0) is 11.3 Å². The van der Waals surface area contributed by atoms with Crippen LogP contribution in [0.25, 0.3) is 0 Å². The molecule has 29 heavy (non-hydrogen) atoms. The van der Waals surface area contributed by atoms with E-state index < -0.39 is 5.97 Å². The molecular weight excluding hydrogens is 384 g/mol. The van der Waals surface area contributed by atoms with Crippen LogP contribution in [0, 0.1) is 23.7 Å². The molecule has 3 heterocycles. The van der Waals surface area contributed by atoms with Crippen molar-refractivity contribution < 1.29 is 9.90 Å². The molecule has 2 bridgehead atoms. The predicted molar refractivity (Wildman–Crippen MR) is 112 cm³/mol. The lowest BCUT2D eigenvalue weighted by Crippen LogP contribution is -2.51. The molecule has 7 heteroatoms. The van der Waals surface area contributed by atoms with Gasteiger partial charge in [0.05, 0.1) is 11.6 Å². The Labute approximate surface area is 175 Å². The van der Waals surface area contributed by atoms with Gasteiger partial charge in [0.1, 0.15) is 5.03 Å². The van der Waals surface area contributed by atoms with Crippen molar-refractivity contribution in [3.63, 3.8) is 0 Å². The van der Waals surface area contributed by atoms with Crippen LogP contribution in [-0.4, -0.2) is 39.0 Å². The van der Waals surface area contributed by atoms with Crippen LogP contribution in [0.3, 0.4) is 0 Å². The van der Waals surface area contributed by atoms with Gasteiger partial charge in [0, 0.05) is 36.9 Å². The SMILES string of the molecule is CC(C(=O)O)C1C2CCCC1CN(Cc1ccc3c(c1)Nc1nccnc1S3)C2. The molecule has 3 unspecified atom stereocenters. The highest BCUT2D eigenvalue weighted by molar-refractivity contribution is 7.99. The minimum atomic E-state index is -0.637. The van der Waals surface area contributed by atoms with E-state index in [1.165, 1.54) is 16.9 Å². The highest BCUT2D eigenvalue weighted by atomic mass is 32.2. The first-order valence-corrected chi connectivity index (χ1v) is 11.2. The van der Waals surface area contributed by atoms with Gasteiger partial charge in [0.2, 0.25) is 0 Å². The van der Waals surface area contributed by atoms with E-state index in [4.69, 9.17) is 0 Å². The molecule has 2 aliphatic heterocycles. The predicted octanol–water partition coefficient (Wildman–Crippen LogP) is 4.25. The Kier molecular flexibility index (Phi) is 4.95. The lowest BCUT2D eigenvalue weighted by Gasteiger charge is -2.49. The van der Waals surface area contributed by atoms with E-state index in [0.29, 0.717) is 17.8 Å². The fourth-order valence-corrected chi connectivity index (χ4v) is 6.40. The number of aliphatic carboxylic acids is 1. The minimum Gasteiger partial charge on any atom is -0.481 e. The number of aromatic nitrogens is 2. The number of anilines is 2. The van der Waals surface area contributed by atoms with Crippen molar-refractivity contribution in [2.75, 3.05) is 18.4 Å². The molecule has 1 aliphatic carbocycles. The summed E-state index contributed by atoms with van der Waals surface area (Å²) in [5.41, 5.74) is 2.38. The number of likely N-dealkylation sites (tertiary alicyclic amines) is 1. The van der Waals surface area contributed by atoms with Crippen molar-refractivity contribution >= 4 is 29.2 Å². The van der Waals surface area contributed by atoms with Crippen molar-refractivity contribution in [2.45, 2.75) is 42.7 Å². The first-order valence-electron chi connectivity index (χ1n) is 10.4. The number of rotatable bonds is 4. The van der Waals surface area contributed by atoms with E-state index >= 15 is 0 Å². The number of benzene rings is 1. The van der Waals surface area contributed by atoms with Crippen LogP contribution in [0.4, 0.5) is 11.5 Å². The number of nitrogens with one attached hydrogen (secondary N) is 1. The quantitative estimate of drug-likeness (QED) is 0.665. The second kappa shape index (κ2) is 7.61. The molecule has 0 radical (unpaired) electrons. The average molecular weight is 411 g/mol. The molecular formula is C22H26N4O2S. The Morgan fingerprint density at radius 2 is 2.03 bits per heavy atom. The molecule has 6 nitrogen and oxygen atoms in total. The van der Waals surface area contributed by atoms with Gasteiger partial charge < -0.3 is 10.4 Å². The Bertz CT molecular complexity index is 923. The molecule has 152 valence electrons. The third-order valence-electron chi connectivity index (χ3n) is 6.77. The van der Waals surface area contributed by atoms with Crippen molar-refractivity contribution in [3.05, 3.63) is 36.2 Å². The maximum atomic E-state index is 11.6. The normalized spacial score (nSPS) is 26.7. The molecule has 2 fully saturated rings. The van der Waals surface area contributed by atoms with Crippen molar-refractivity contribution in [3.8, 4) is 0 Å². The second-order valence-corrected chi connectivity index (χ2v) is 9.65. The molecule has 1 aromatic heterocycles. The van der Waals surface area contributed by atoms with Gasteiger partial charge in [-0.3, -0.25) is 9.69 Å². The molecule has 2 N–H and O–H groups in total. The van der Waals surface area contributed by atoms with Gasteiger partial charge in [0.15, 0.2) is 5.82 Å². The zero-order chi connectivity index (χ0) is 20.0. The molecule has 5 rings (SSSR count). The average Bonchev–Trinajstić information content (AvgIpc) is 2.71. The largest absolute Gasteiger partial charge is 0.481 e. The molecule has 1 saturated carbocycles. The lowest BCUT2D eigenvalue weighted by molar-refractivity contribution is -0.147. The maximum absolute atomic E-state index is 11.6. The maximum Gasteiger partial charge on any atom is 0.306 e. The van der Waals surface area contributed by atoms with Crippen molar-refractivity contribution in [1.29, 1.82) is 0 Å². The smallest absolute Gasteiger partial charge is 0.306 e. The Hall–Kier alpha value is -2.12. The third-order valence-corrected chi connectivity index (χ3v) is 7.83. The number of nitrogens with zero attached hydrogens (tertiary/aromatic N) is 3. The number of carbonyl (C=O) groups is 1. The fourth-order valence-electron chi connectivity index (χ4n) is 5.52. The monoisotopic (exact) mass is 410 g/mol. The summed E-state index contributed by atoms with van der Waals surface area (Å²) in [5, 5.41) is 13.9. The summed E-state index contributed by atoms with van der Waals surface area (Å²) in [7, 11) is 0. The van der Waals surface area contributed by atoms with E-state index in [-0.39, 0.29) is 5.92 Å². The van der Waals surface area contributed by atoms with Gasteiger partial charge in [0.25, 0.3) is 0 Å². The van der Waals surface area contributed by atoms with E-state index in [0.717, 1.165) is 49.0 Å². The topological polar surface area (TPSA) is 78.4 Å². The van der Waals surface area contributed by atoms with E-state index in [1.807, 2.05) is 6.92 Å². The minimum absolute atomic E-state index is 0.237. The van der Waals surface area contributed by atoms with Crippen LogP contribution < -0.4 is 5.32 Å². The molecule has 0 amide bonds. The Morgan fingerprint density at radius 3 is 2.79 bits per heavy atom. The first kappa shape index (κ1) is 18.9. The summed E-state index contributed by atoms with van der Waals surface area (Å²) in [5.74, 6) is 1.28. The summed E-state index contributed by atoms with van der Waals surface area (Å²) >= 11 is 1.65. The molecule has 3 aliphatic rings. The van der Waals surface area contributed by atoms with Gasteiger partial charge in [-0.15, -0.1) is 0 Å². The highest BCUT2D eigenvalue weighted by Gasteiger charge is 2.43. The number of carboxylic acid groups (broad SMARTS) is 1. The van der Waals surface area contributed by atoms with Gasteiger partial charge in [-0.05, 0) is 48.3 Å². The molecule has 3 atom stereocenters. The molecule has 2 aromatic rings. The van der Waals surface area contributed by atoms with E-state index in [9.17, 15) is 9.90 Å². The first-order chi connectivity index (χ1) is 14.1. The Balaban J connectivity index is 1.30. The van der Waals surface area contributed by atoms with Crippen LogP contribution in [0.2, 0.25) is 0 Å². The summed E-state index contributed by atoms with van der Waals surface area (Å²) in [6.07, 6.45) is 6.99.